The Morgan fingerprint density at radius 3 is 2.35 bits per heavy atom. The van der Waals surface area contributed by atoms with Crippen molar-refractivity contribution < 1.29 is 4.79 Å². The zero-order valence-corrected chi connectivity index (χ0v) is 13.0. The molecule has 1 amide bonds. The average Bonchev–Trinajstić information content (AvgIpc) is 2.43. The zero-order chi connectivity index (χ0) is 15.1. The molecule has 1 aromatic carbocycles. The van der Waals surface area contributed by atoms with Crippen molar-refractivity contribution in [2.45, 2.75) is 39.2 Å². The van der Waals surface area contributed by atoms with E-state index in [0.29, 0.717) is 18.5 Å². The Bertz CT molecular complexity index is 405. The van der Waals surface area contributed by atoms with Gasteiger partial charge in [0.05, 0.1) is 5.92 Å². The Kier molecular flexibility index (Phi) is 6.68. The molecule has 2 atom stereocenters. The minimum absolute atomic E-state index is 0.139. The monoisotopic (exact) mass is 277 g/mol. The summed E-state index contributed by atoms with van der Waals surface area (Å²) >= 11 is 0. The van der Waals surface area contributed by atoms with Gasteiger partial charge in [0.25, 0.3) is 0 Å². The number of carbonyl (C=O) groups excluding carboxylic acids is 1. The number of nitrogens with zero attached hydrogens (tertiary/aromatic N) is 1. The van der Waals surface area contributed by atoms with Gasteiger partial charge in [-0.25, -0.2) is 5.84 Å². The minimum Gasteiger partial charge on any atom is -0.303 e. The van der Waals surface area contributed by atoms with E-state index < -0.39 is 0 Å². The van der Waals surface area contributed by atoms with Crippen LogP contribution in [0.2, 0.25) is 0 Å². The number of nitrogens with one attached hydrogen (secondary N) is 1. The lowest BCUT2D eigenvalue weighted by Gasteiger charge is -2.29. The van der Waals surface area contributed by atoms with E-state index in [1.54, 1.807) is 0 Å². The molecule has 0 aromatic heterocycles. The van der Waals surface area contributed by atoms with Gasteiger partial charge in [-0.1, -0.05) is 44.2 Å². The molecule has 3 N–H and O–H groups in total. The summed E-state index contributed by atoms with van der Waals surface area (Å²) in [7, 11) is 2.06. The number of amides is 1. The van der Waals surface area contributed by atoms with Crippen LogP contribution in [0.5, 0.6) is 0 Å². The fourth-order valence-electron chi connectivity index (χ4n) is 2.46. The summed E-state index contributed by atoms with van der Waals surface area (Å²) in [5.74, 6) is 5.59. The summed E-state index contributed by atoms with van der Waals surface area (Å²) in [6, 6.07) is 10.2. The van der Waals surface area contributed by atoms with E-state index in [1.807, 2.05) is 30.3 Å². The van der Waals surface area contributed by atoms with Gasteiger partial charge in [-0.3, -0.25) is 10.2 Å². The molecule has 1 aromatic rings. The number of hydrogen-bond donors (Lipinski definition) is 2. The topological polar surface area (TPSA) is 58.4 Å². The highest BCUT2D eigenvalue weighted by Gasteiger charge is 2.23. The molecule has 0 spiro atoms. The molecule has 0 aliphatic carbocycles. The first-order valence-electron chi connectivity index (χ1n) is 7.21. The normalized spacial score (nSPS) is 14.3. The van der Waals surface area contributed by atoms with Crippen molar-refractivity contribution in [2.24, 2.45) is 11.8 Å². The fraction of sp³-hybridized carbons (Fsp3) is 0.562. The third-order valence-electron chi connectivity index (χ3n) is 3.70. The summed E-state index contributed by atoms with van der Waals surface area (Å²) in [5.41, 5.74) is 3.28. The number of likely N-dealkylation sites (N-methyl/N-ethyl adjacent to an activating group) is 1. The summed E-state index contributed by atoms with van der Waals surface area (Å²) in [4.78, 5) is 14.3. The van der Waals surface area contributed by atoms with Gasteiger partial charge in [-0.2, -0.15) is 0 Å². The molecule has 0 aliphatic heterocycles. The van der Waals surface area contributed by atoms with E-state index in [4.69, 9.17) is 5.84 Å². The second-order valence-corrected chi connectivity index (χ2v) is 5.89. The number of carbonyl (C=O) groups is 1. The first-order valence-corrected chi connectivity index (χ1v) is 7.21. The van der Waals surface area contributed by atoms with Crippen LogP contribution < -0.4 is 11.3 Å². The minimum atomic E-state index is -0.235. The zero-order valence-electron chi connectivity index (χ0n) is 13.0. The molecule has 4 nitrogen and oxygen atoms in total. The quantitative estimate of drug-likeness (QED) is 0.456. The van der Waals surface area contributed by atoms with Crippen molar-refractivity contribution in [3.63, 3.8) is 0 Å². The van der Waals surface area contributed by atoms with E-state index in [-0.39, 0.29) is 11.8 Å². The van der Waals surface area contributed by atoms with E-state index in [0.717, 1.165) is 12.0 Å². The molecule has 112 valence electrons. The Balaban J connectivity index is 2.78. The molecule has 0 radical (unpaired) electrons. The first kappa shape index (κ1) is 16.7. The van der Waals surface area contributed by atoms with Crippen molar-refractivity contribution in [1.29, 1.82) is 0 Å². The van der Waals surface area contributed by atoms with Crippen molar-refractivity contribution in [3.05, 3.63) is 35.9 Å². The predicted molar refractivity (Wildman–Crippen MR) is 83.1 cm³/mol. The number of hydrazine groups is 1. The highest BCUT2D eigenvalue weighted by molar-refractivity contribution is 5.83. The van der Waals surface area contributed by atoms with Gasteiger partial charge in [-0.05, 0) is 31.9 Å². The molecule has 0 heterocycles. The van der Waals surface area contributed by atoms with Crippen LogP contribution in [0.1, 0.15) is 38.7 Å². The number of nitrogens with two attached hydrogens (primary N) is 1. The van der Waals surface area contributed by atoms with E-state index in [2.05, 4.69) is 38.1 Å². The largest absolute Gasteiger partial charge is 0.303 e. The van der Waals surface area contributed by atoms with Crippen LogP contribution in [0, 0.1) is 5.92 Å². The Labute approximate surface area is 122 Å². The Hall–Kier alpha value is -1.39. The van der Waals surface area contributed by atoms with Crippen LogP contribution in [0.3, 0.4) is 0 Å². The van der Waals surface area contributed by atoms with Gasteiger partial charge in [0.1, 0.15) is 0 Å². The molecule has 1 rings (SSSR count). The summed E-state index contributed by atoms with van der Waals surface area (Å²) in [5, 5.41) is 0. The van der Waals surface area contributed by atoms with Gasteiger partial charge in [0.15, 0.2) is 0 Å². The van der Waals surface area contributed by atoms with Crippen molar-refractivity contribution in [1.82, 2.24) is 10.3 Å². The molecule has 0 bridgehead atoms. The third-order valence-corrected chi connectivity index (χ3v) is 3.70. The second kappa shape index (κ2) is 8.02. The van der Waals surface area contributed by atoms with Crippen molar-refractivity contribution in [3.8, 4) is 0 Å². The van der Waals surface area contributed by atoms with Crippen LogP contribution in [-0.2, 0) is 4.79 Å². The lowest BCUT2D eigenvalue weighted by Crippen LogP contribution is -2.42. The molecule has 0 saturated carbocycles. The summed E-state index contributed by atoms with van der Waals surface area (Å²) in [6.45, 7) is 7.29. The molecule has 20 heavy (non-hydrogen) atoms. The van der Waals surface area contributed by atoms with Crippen LogP contribution >= 0.6 is 0 Å². The van der Waals surface area contributed by atoms with Gasteiger partial charge in [0, 0.05) is 12.6 Å². The van der Waals surface area contributed by atoms with E-state index >= 15 is 0 Å². The predicted octanol–water partition coefficient (Wildman–Crippen LogP) is 2.13. The smallest absolute Gasteiger partial charge is 0.242 e. The second-order valence-electron chi connectivity index (χ2n) is 5.89. The van der Waals surface area contributed by atoms with Gasteiger partial charge < -0.3 is 4.90 Å². The highest BCUT2D eigenvalue weighted by atomic mass is 16.2. The SMILES string of the molecule is CC(C)CC(C)N(C)CC(C(=O)NN)c1ccccc1. The molecule has 4 heteroatoms. The number of benzene rings is 1. The molecule has 2 unspecified atom stereocenters. The van der Waals surface area contributed by atoms with Crippen molar-refractivity contribution >= 4 is 5.91 Å². The summed E-state index contributed by atoms with van der Waals surface area (Å²) < 4.78 is 0. The molecule has 0 fully saturated rings. The maximum atomic E-state index is 12.0. The molecule has 0 aliphatic rings. The van der Waals surface area contributed by atoms with Crippen molar-refractivity contribution in [2.75, 3.05) is 13.6 Å². The molecular weight excluding hydrogens is 250 g/mol. The van der Waals surface area contributed by atoms with Crippen LogP contribution in [-0.4, -0.2) is 30.4 Å². The van der Waals surface area contributed by atoms with Gasteiger partial charge in [-0.15, -0.1) is 0 Å². The van der Waals surface area contributed by atoms with Gasteiger partial charge >= 0.3 is 0 Å². The van der Waals surface area contributed by atoms with Crippen LogP contribution in [0.4, 0.5) is 0 Å². The van der Waals surface area contributed by atoms with Crippen LogP contribution in [0.25, 0.3) is 0 Å². The first-order chi connectivity index (χ1) is 9.45. The Morgan fingerprint density at radius 2 is 1.85 bits per heavy atom. The standard InChI is InChI=1S/C16H27N3O/c1-12(2)10-13(3)19(4)11-15(16(20)18-17)14-8-6-5-7-9-14/h5-9,12-13,15H,10-11,17H2,1-4H3,(H,18,20). The lowest BCUT2D eigenvalue weighted by molar-refractivity contribution is -0.123. The average molecular weight is 277 g/mol. The van der Waals surface area contributed by atoms with Gasteiger partial charge in [0.2, 0.25) is 5.91 Å². The Morgan fingerprint density at radius 1 is 1.25 bits per heavy atom. The highest BCUT2D eigenvalue weighted by Crippen LogP contribution is 2.19. The fourth-order valence-corrected chi connectivity index (χ4v) is 2.46. The molecular formula is C16H27N3O. The number of rotatable bonds is 7. The molecule has 0 saturated heterocycles. The number of hydrogen-bond acceptors (Lipinski definition) is 3. The maximum absolute atomic E-state index is 12.0. The van der Waals surface area contributed by atoms with E-state index in [1.165, 1.54) is 0 Å². The van der Waals surface area contributed by atoms with E-state index in [9.17, 15) is 4.79 Å². The maximum Gasteiger partial charge on any atom is 0.242 e. The summed E-state index contributed by atoms with van der Waals surface area (Å²) in [6.07, 6.45) is 1.11. The van der Waals surface area contributed by atoms with Crippen LogP contribution in [0.15, 0.2) is 30.3 Å². The third kappa shape index (κ3) is 4.94. The lowest BCUT2D eigenvalue weighted by atomic mass is 9.96.